The molecule has 0 aliphatic heterocycles. The molecule has 3 heterocycles. The van der Waals surface area contributed by atoms with E-state index in [-0.39, 0.29) is 0 Å². The van der Waals surface area contributed by atoms with Crippen molar-refractivity contribution < 1.29 is 8.94 Å². The molecule has 3 aromatic heterocycles. The zero-order valence-corrected chi connectivity index (χ0v) is 14.0. The average Bonchev–Trinajstić information content (AvgIpc) is 3.17. The maximum absolute atomic E-state index is 5.67. The highest BCUT2D eigenvalue weighted by atomic mass is 16.5. The van der Waals surface area contributed by atoms with E-state index >= 15 is 0 Å². The van der Waals surface area contributed by atoms with Crippen LogP contribution >= 0.6 is 0 Å². The summed E-state index contributed by atoms with van der Waals surface area (Å²) in [4.78, 5) is 10.4. The van der Waals surface area contributed by atoms with E-state index in [1.165, 1.54) is 0 Å². The summed E-state index contributed by atoms with van der Waals surface area (Å²) in [5.74, 6) is 2.81. The summed E-state index contributed by atoms with van der Waals surface area (Å²) >= 11 is 0. The summed E-state index contributed by atoms with van der Waals surface area (Å²) in [7, 11) is 1.93. The molecular weight excluding hydrogens is 308 g/mol. The van der Waals surface area contributed by atoms with Crippen LogP contribution in [0.3, 0.4) is 0 Å². The van der Waals surface area contributed by atoms with Crippen molar-refractivity contribution in [3.05, 3.63) is 42.1 Å². The molecule has 0 saturated heterocycles. The zero-order chi connectivity index (χ0) is 16.9. The van der Waals surface area contributed by atoms with E-state index in [1.807, 2.05) is 24.1 Å². The topological polar surface area (TPSA) is 94.0 Å². The number of hydrogen-bond donors (Lipinski definition) is 0. The van der Waals surface area contributed by atoms with Crippen molar-refractivity contribution in [2.24, 2.45) is 5.92 Å². The van der Waals surface area contributed by atoms with E-state index in [0.29, 0.717) is 36.7 Å². The number of rotatable bonds is 7. The lowest BCUT2D eigenvalue weighted by molar-refractivity contribution is 0.240. The zero-order valence-electron chi connectivity index (χ0n) is 14.0. The van der Waals surface area contributed by atoms with Crippen molar-refractivity contribution in [1.82, 2.24) is 30.2 Å². The lowest BCUT2D eigenvalue weighted by atomic mass is 10.1. The van der Waals surface area contributed by atoms with Crippen LogP contribution in [0.5, 0.6) is 0 Å². The molecule has 0 aromatic carbocycles. The largest absolute Gasteiger partial charge is 0.419 e. The van der Waals surface area contributed by atoms with Gasteiger partial charge in [0.2, 0.25) is 17.7 Å². The molecule has 0 N–H and O–H groups in total. The van der Waals surface area contributed by atoms with Crippen LogP contribution < -0.4 is 0 Å². The Hall–Kier alpha value is -2.61. The Morgan fingerprint density at radius 3 is 2.75 bits per heavy atom. The number of hydrogen-bond acceptors (Lipinski definition) is 8. The van der Waals surface area contributed by atoms with Gasteiger partial charge in [-0.2, -0.15) is 4.98 Å². The highest BCUT2D eigenvalue weighted by molar-refractivity contribution is 5.49. The van der Waals surface area contributed by atoms with Gasteiger partial charge in [0.15, 0.2) is 5.82 Å². The third kappa shape index (κ3) is 4.23. The number of pyridine rings is 1. The quantitative estimate of drug-likeness (QED) is 0.652. The number of aromatic nitrogens is 5. The third-order valence-electron chi connectivity index (χ3n) is 3.29. The molecule has 0 bridgehead atoms. The van der Waals surface area contributed by atoms with Gasteiger partial charge in [-0.1, -0.05) is 19.0 Å². The second-order valence-corrected chi connectivity index (χ2v) is 6.12. The van der Waals surface area contributed by atoms with Crippen molar-refractivity contribution in [2.75, 3.05) is 7.05 Å². The van der Waals surface area contributed by atoms with Crippen LogP contribution in [-0.4, -0.2) is 37.3 Å². The van der Waals surface area contributed by atoms with Gasteiger partial charge in [-0.25, -0.2) is 0 Å². The Morgan fingerprint density at radius 2 is 2.00 bits per heavy atom. The first-order valence-electron chi connectivity index (χ1n) is 7.83. The molecule has 3 aromatic rings. The van der Waals surface area contributed by atoms with Crippen LogP contribution in [0.25, 0.3) is 11.5 Å². The van der Waals surface area contributed by atoms with Crippen molar-refractivity contribution >= 4 is 0 Å². The fourth-order valence-electron chi connectivity index (χ4n) is 2.24. The molecule has 8 nitrogen and oxygen atoms in total. The van der Waals surface area contributed by atoms with Crippen molar-refractivity contribution in [3.8, 4) is 11.5 Å². The molecule has 0 fully saturated rings. The monoisotopic (exact) mass is 328 g/mol. The minimum Gasteiger partial charge on any atom is -0.419 e. The number of nitrogens with zero attached hydrogens (tertiary/aromatic N) is 6. The van der Waals surface area contributed by atoms with Gasteiger partial charge < -0.3 is 8.94 Å². The van der Waals surface area contributed by atoms with Gasteiger partial charge in [-0.15, -0.1) is 10.2 Å². The predicted octanol–water partition coefficient (Wildman–Crippen LogP) is 2.35. The minimum absolute atomic E-state index is 0.462. The maximum Gasteiger partial charge on any atom is 0.249 e. The van der Waals surface area contributed by atoms with E-state index in [9.17, 15) is 0 Å². The van der Waals surface area contributed by atoms with Gasteiger partial charge in [0.25, 0.3) is 0 Å². The molecule has 0 amide bonds. The van der Waals surface area contributed by atoms with Gasteiger partial charge in [-0.05, 0) is 25.1 Å². The first kappa shape index (κ1) is 16.3. The van der Waals surface area contributed by atoms with E-state index in [1.54, 1.807) is 12.4 Å². The summed E-state index contributed by atoms with van der Waals surface area (Å²) in [5, 5.41) is 12.1. The molecule has 0 aliphatic rings. The Bertz CT molecular complexity index is 768. The van der Waals surface area contributed by atoms with Crippen molar-refractivity contribution in [1.29, 1.82) is 0 Å². The second-order valence-electron chi connectivity index (χ2n) is 6.12. The Labute approximate surface area is 139 Å². The first-order valence-corrected chi connectivity index (χ1v) is 7.83. The van der Waals surface area contributed by atoms with Crippen LogP contribution in [0.15, 0.2) is 33.5 Å². The molecule has 8 heteroatoms. The van der Waals surface area contributed by atoms with Gasteiger partial charge in [0.05, 0.1) is 18.7 Å². The SMILES string of the molecule is CC(C)Cc1noc(CN(C)Cc2nnc(-c3cccnc3)o2)n1. The summed E-state index contributed by atoms with van der Waals surface area (Å²) < 4.78 is 10.9. The first-order chi connectivity index (χ1) is 11.6. The lowest BCUT2D eigenvalue weighted by Crippen LogP contribution is -2.17. The van der Waals surface area contributed by atoms with Crippen LogP contribution in [0, 0.1) is 5.92 Å². The normalized spacial score (nSPS) is 11.5. The van der Waals surface area contributed by atoms with E-state index in [2.05, 4.69) is 39.2 Å². The molecule has 126 valence electrons. The Balaban J connectivity index is 1.58. The van der Waals surface area contributed by atoms with Crippen molar-refractivity contribution in [2.45, 2.75) is 33.4 Å². The Kier molecular flexibility index (Phi) is 4.95. The molecule has 0 saturated carbocycles. The molecule has 0 radical (unpaired) electrons. The standard InChI is InChI=1S/C16H20N6O2/c1-11(2)7-13-18-14(24-21-13)9-22(3)10-15-19-20-16(23-15)12-5-4-6-17-8-12/h4-6,8,11H,7,9-10H2,1-3H3. The molecular formula is C16H20N6O2. The summed E-state index contributed by atoms with van der Waals surface area (Å²) in [6.07, 6.45) is 4.20. The minimum atomic E-state index is 0.462. The van der Waals surface area contributed by atoms with Crippen LogP contribution in [-0.2, 0) is 19.5 Å². The molecule has 24 heavy (non-hydrogen) atoms. The van der Waals surface area contributed by atoms with Gasteiger partial charge in [-0.3, -0.25) is 9.88 Å². The van der Waals surface area contributed by atoms with Gasteiger partial charge >= 0.3 is 0 Å². The van der Waals surface area contributed by atoms with E-state index in [4.69, 9.17) is 8.94 Å². The smallest absolute Gasteiger partial charge is 0.249 e. The predicted molar refractivity (Wildman–Crippen MR) is 85.5 cm³/mol. The van der Waals surface area contributed by atoms with Crippen LogP contribution in [0.2, 0.25) is 0 Å². The summed E-state index contributed by atoms with van der Waals surface area (Å²) in [6.45, 7) is 5.26. The molecule has 0 atom stereocenters. The summed E-state index contributed by atoms with van der Waals surface area (Å²) in [6, 6.07) is 3.71. The molecule has 0 unspecified atom stereocenters. The fourth-order valence-corrected chi connectivity index (χ4v) is 2.24. The third-order valence-corrected chi connectivity index (χ3v) is 3.29. The Morgan fingerprint density at radius 1 is 1.17 bits per heavy atom. The maximum atomic E-state index is 5.67. The molecule has 0 aliphatic carbocycles. The second kappa shape index (κ2) is 7.31. The lowest BCUT2D eigenvalue weighted by Gasteiger charge is -2.10. The molecule has 0 spiro atoms. The van der Waals surface area contributed by atoms with Crippen molar-refractivity contribution in [3.63, 3.8) is 0 Å². The fraction of sp³-hybridized carbons (Fsp3) is 0.438. The summed E-state index contributed by atoms with van der Waals surface area (Å²) in [5.41, 5.74) is 0.800. The highest BCUT2D eigenvalue weighted by Crippen LogP contribution is 2.17. The van der Waals surface area contributed by atoms with Gasteiger partial charge in [0.1, 0.15) is 0 Å². The van der Waals surface area contributed by atoms with Gasteiger partial charge in [0, 0.05) is 18.8 Å². The van der Waals surface area contributed by atoms with E-state index in [0.717, 1.165) is 17.8 Å². The molecule has 3 rings (SSSR count). The highest BCUT2D eigenvalue weighted by Gasteiger charge is 2.14. The average molecular weight is 328 g/mol. The van der Waals surface area contributed by atoms with E-state index < -0.39 is 0 Å². The van der Waals surface area contributed by atoms with Crippen LogP contribution in [0.1, 0.15) is 31.5 Å². The van der Waals surface area contributed by atoms with Crippen LogP contribution in [0.4, 0.5) is 0 Å².